The summed E-state index contributed by atoms with van der Waals surface area (Å²) < 4.78 is 68.1. The summed E-state index contributed by atoms with van der Waals surface area (Å²) in [7, 11) is -9.89. The number of ether oxygens (including phenoxy) is 4. The van der Waals surface area contributed by atoms with Crippen LogP contribution in [0.25, 0.3) is 0 Å². The third-order valence-corrected chi connectivity index (χ3v) is 17.9. The van der Waals surface area contributed by atoms with E-state index >= 15 is 0 Å². The second-order valence-electron chi connectivity index (χ2n) is 25.8. The van der Waals surface area contributed by atoms with Crippen molar-refractivity contribution in [2.75, 3.05) is 39.6 Å². The summed E-state index contributed by atoms with van der Waals surface area (Å²) in [5, 5.41) is 10.6. The van der Waals surface area contributed by atoms with Gasteiger partial charge in [0.15, 0.2) is 12.2 Å². The van der Waals surface area contributed by atoms with Crippen molar-refractivity contribution in [3.63, 3.8) is 0 Å². The van der Waals surface area contributed by atoms with Gasteiger partial charge in [-0.25, -0.2) is 9.13 Å². The predicted molar refractivity (Wildman–Crippen MR) is 349 cm³/mol. The van der Waals surface area contributed by atoms with Crippen molar-refractivity contribution >= 4 is 39.5 Å². The monoisotopic (exact) mass is 1280 g/mol. The number of unbranched alkanes of at least 4 members (excludes halogenated alkanes) is 33. The molecular weight excluding hydrogens is 1150 g/mol. The van der Waals surface area contributed by atoms with Crippen LogP contribution < -0.4 is 0 Å². The van der Waals surface area contributed by atoms with Crippen LogP contribution in [0.5, 0.6) is 0 Å². The molecule has 17 nitrogen and oxygen atoms in total. The van der Waals surface area contributed by atoms with E-state index in [2.05, 4.69) is 48.5 Å². The zero-order valence-electron chi connectivity index (χ0n) is 56.5. The first kappa shape index (κ1) is 85.1. The van der Waals surface area contributed by atoms with Gasteiger partial charge < -0.3 is 33.8 Å². The molecule has 0 spiro atoms. The number of carbonyl (C=O) groups is 4. The van der Waals surface area contributed by atoms with Crippen LogP contribution in [0.4, 0.5) is 0 Å². The Morgan fingerprint density at radius 1 is 0.333 bits per heavy atom. The van der Waals surface area contributed by atoms with Crippen molar-refractivity contribution in [1.82, 2.24) is 0 Å². The molecule has 0 heterocycles. The van der Waals surface area contributed by atoms with Crippen LogP contribution in [-0.2, 0) is 65.4 Å². The average molecular weight is 1280 g/mol. The van der Waals surface area contributed by atoms with Gasteiger partial charge in [-0.3, -0.25) is 37.3 Å². The van der Waals surface area contributed by atoms with E-state index in [-0.39, 0.29) is 25.7 Å². The minimum Gasteiger partial charge on any atom is -0.462 e. The maximum Gasteiger partial charge on any atom is 0.472 e. The minimum absolute atomic E-state index is 0.103. The molecule has 3 unspecified atom stereocenters. The topological polar surface area (TPSA) is 237 Å². The zero-order chi connectivity index (χ0) is 64.5. The Bertz CT molecular complexity index is 1720. The van der Waals surface area contributed by atoms with Gasteiger partial charge >= 0.3 is 39.5 Å². The molecule has 3 N–H and O–H groups in total. The maximum atomic E-state index is 13.0. The molecule has 87 heavy (non-hydrogen) atoms. The molecule has 0 aromatic heterocycles. The first-order valence-corrected chi connectivity index (χ1v) is 38.4. The fourth-order valence-corrected chi connectivity index (χ4v) is 11.7. The summed E-state index contributed by atoms with van der Waals surface area (Å²) in [4.78, 5) is 72.3. The summed E-state index contributed by atoms with van der Waals surface area (Å²) in [6.45, 7) is 11.8. The van der Waals surface area contributed by atoms with E-state index < -0.39 is 97.5 Å². The van der Waals surface area contributed by atoms with E-state index in [0.29, 0.717) is 31.6 Å². The Morgan fingerprint density at radius 3 is 0.874 bits per heavy atom. The summed E-state index contributed by atoms with van der Waals surface area (Å²) in [6, 6.07) is 0. The number of phosphoric ester groups is 2. The normalized spacial score (nSPS) is 14.6. The molecule has 0 aromatic rings. The molecule has 0 saturated carbocycles. The number of hydrogen-bond donors (Lipinski definition) is 3. The fraction of sp³-hybridized carbons (Fsp3) is 0.941. The third kappa shape index (κ3) is 61.3. The summed E-state index contributed by atoms with van der Waals surface area (Å²) in [5.41, 5.74) is 0. The number of aliphatic hydroxyl groups is 1. The lowest BCUT2D eigenvalue weighted by molar-refractivity contribution is -0.161. The Labute approximate surface area is 530 Å². The van der Waals surface area contributed by atoms with Gasteiger partial charge in [-0.15, -0.1) is 0 Å². The standard InChI is InChI=1S/C68H132O17P2/c1-8-10-11-12-13-28-35-42-49-65(70)78-55-64(85-68(73)52-45-38-31-24-26-33-40-47-60(5)6)58-83-87(76,77)81-54-62(69)53-80-86(74,75)82-57-63(56-79-66(71)50-43-36-29-23-22-25-32-39-46-59(3)4)84-67(72)51-44-37-30-21-19-17-15-14-16-18-20-27-34-41-48-61(7)9-2/h59-64,69H,8-58H2,1-7H3,(H,74,75)(H,76,77)/t61?,62-,63-,64-/m1/s1. The Balaban J connectivity index is 5.20. The van der Waals surface area contributed by atoms with Crippen LogP contribution in [-0.4, -0.2) is 96.7 Å². The lowest BCUT2D eigenvalue weighted by Gasteiger charge is -2.21. The number of phosphoric acid groups is 2. The number of esters is 4. The molecule has 0 aliphatic rings. The fourth-order valence-electron chi connectivity index (χ4n) is 10.2. The smallest absolute Gasteiger partial charge is 0.462 e. The van der Waals surface area contributed by atoms with Gasteiger partial charge in [0.25, 0.3) is 0 Å². The second kappa shape index (κ2) is 59.1. The van der Waals surface area contributed by atoms with Crippen LogP contribution in [0.2, 0.25) is 0 Å². The van der Waals surface area contributed by atoms with Crippen LogP contribution in [0.1, 0.15) is 337 Å². The maximum absolute atomic E-state index is 13.0. The molecule has 0 fully saturated rings. The number of rotatable bonds is 66. The van der Waals surface area contributed by atoms with Crippen molar-refractivity contribution < 1.29 is 80.2 Å². The van der Waals surface area contributed by atoms with Gasteiger partial charge in [0.1, 0.15) is 19.3 Å². The predicted octanol–water partition coefficient (Wildman–Crippen LogP) is 19.1. The van der Waals surface area contributed by atoms with E-state index in [0.717, 1.165) is 108 Å². The highest BCUT2D eigenvalue weighted by Crippen LogP contribution is 2.45. The van der Waals surface area contributed by atoms with Crippen molar-refractivity contribution in [2.24, 2.45) is 17.8 Å². The molecule has 0 rings (SSSR count). The first-order valence-electron chi connectivity index (χ1n) is 35.4. The molecule has 0 aliphatic heterocycles. The van der Waals surface area contributed by atoms with Crippen molar-refractivity contribution in [1.29, 1.82) is 0 Å². The highest BCUT2D eigenvalue weighted by atomic mass is 31.2. The van der Waals surface area contributed by atoms with Crippen LogP contribution in [0.3, 0.4) is 0 Å². The largest absolute Gasteiger partial charge is 0.472 e. The summed E-state index contributed by atoms with van der Waals surface area (Å²) in [5.74, 6) is 0.134. The molecule has 0 amide bonds. The minimum atomic E-state index is -4.95. The van der Waals surface area contributed by atoms with Gasteiger partial charge in [0, 0.05) is 25.7 Å². The number of aliphatic hydroxyl groups excluding tert-OH is 1. The summed E-state index contributed by atoms with van der Waals surface area (Å²) in [6.07, 6.45) is 41.8. The van der Waals surface area contributed by atoms with E-state index in [1.54, 1.807) is 0 Å². The van der Waals surface area contributed by atoms with E-state index in [1.807, 2.05) is 0 Å². The Morgan fingerprint density at radius 2 is 0.586 bits per heavy atom. The highest BCUT2D eigenvalue weighted by molar-refractivity contribution is 7.47. The molecule has 0 aromatic carbocycles. The number of carbonyl (C=O) groups excluding carboxylic acids is 4. The van der Waals surface area contributed by atoms with Gasteiger partial charge in [0.2, 0.25) is 0 Å². The van der Waals surface area contributed by atoms with E-state index in [4.69, 9.17) is 37.0 Å². The molecular formula is C68H132O17P2. The number of hydrogen-bond acceptors (Lipinski definition) is 15. The first-order chi connectivity index (χ1) is 41.8. The van der Waals surface area contributed by atoms with Crippen LogP contribution in [0, 0.1) is 17.8 Å². The Hall–Kier alpha value is -1.94. The third-order valence-electron chi connectivity index (χ3n) is 16.0. The highest BCUT2D eigenvalue weighted by Gasteiger charge is 2.30. The molecule has 6 atom stereocenters. The molecule has 0 aliphatic carbocycles. The van der Waals surface area contributed by atoms with E-state index in [1.165, 1.54) is 141 Å². The van der Waals surface area contributed by atoms with Crippen LogP contribution >= 0.6 is 15.6 Å². The molecule has 0 saturated heterocycles. The molecule has 0 radical (unpaired) electrons. The quantitative estimate of drug-likeness (QED) is 0.0222. The second-order valence-corrected chi connectivity index (χ2v) is 28.7. The summed E-state index contributed by atoms with van der Waals surface area (Å²) >= 11 is 0. The lowest BCUT2D eigenvalue weighted by Crippen LogP contribution is -2.30. The van der Waals surface area contributed by atoms with Gasteiger partial charge in [-0.2, -0.15) is 0 Å². The van der Waals surface area contributed by atoms with Gasteiger partial charge in [0.05, 0.1) is 26.4 Å². The van der Waals surface area contributed by atoms with Gasteiger partial charge in [-0.05, 0) is 43.4 Å². The van der Waals surface area contributed by atoms with Crippen LogP contribution in [0.15, 0.2) is 0 Å². The average Bonchev–Trinajstić information content (AvgIpc) is 3.67. The molecule has 0 bridgehead atoms. The lowest BCUT2D eigenvalue weighted by atomic mass is 9.99. The van der Waals surface area contributed by atoms with Crippen molar-refractivity contribution in [3.05, 3.63) is 0 Å². The Kier molecular flexibility index (Phi) is 57.8. The zero-order valence-corrected chi connectivity index (χ0v) is 58.3. The molecule has 516 valence electrons. The van der Waals surface area contributed by atoms with Gasteiger partial charge in [-0.1, -0.05) is 286 Å². The van der Waals surface area contributed by atoms with Crippen molar-refractivity contribution in [3.8, 4) is 0 Å². The SMILES string of the molecule is CCCCCCCCCCC(=O)OC[C@H](COP(=O)(O)OC[C@H](O)COP(=O)(O)OC[C@@H](COC(=O)CCCCCCCCCCC(C)C)OC(=O)CCCCCCCCCCCCCCCCC(C)CC)OC(=O)CCCCCCCCCC(C)C. The van der Waals surface area contributed by atoms with E-state index in [9.17, 15) is 43.2 Å². The van der Waals surface area contributed by atoms with Crippen molar-refractivity contribution in [2.45, 2.75) is 356 Å². The molecule has 19 heteroatoms.